The smallest absolute Gasteiger partial charge is 0.407 e. The van der Waals surface area contributed by atoms with E-state index in [2.05, 4.69) is 10.3 Å². The van der Waals surface area contributed by atoms with Crippen molar-refractivity contribution >= 4 is 12.0 Å². The summed E-state index contributed by atoms with van der Waals surface area (Å²) in [5.41, 5.74) is 0.948. The number of amides is 2. The lowest BCUT2D eigenvalue weighted by atomic mass is 9.93. The Kier molecular flexibility index (Phi) is 4.14. The minimum Gasteiger partial charge on any atom is -0.441 e. The second kappa shape index (κ2) is 6.48. The van der Waals surface area contributed by atoms with Crippen LogP contribution in [-0.4, -0.2) is 47.1 Å². The summed E-state index contributed by atoms with van der Waals surface area (Å²) in [5.74, 6) is 1.15. The van der Waals surface area contributed by atoms with Crippen LogP contribution in [-0.2, 0) is 16.0 Å². The van der Waals surface area contributed by atoms with Crippen LogP contribution in [0.15, 0.2) is 34.7 Å². The Labute approximate surface area is 151 Å². The van der Waals surface area contributed by atoms with Crippen molar-refractivity contribution in [2.75, 3.05) is 19.6 Å². The van der Waals surface area contributed by atoms with Crippen molar-refractivity contribution in [3.63, 3.8) is 0 Å². The van der Waals surface area contributed by atoms with Crippen LogP contribution < -0.4 is 5.32 Å². The third kappa shape index (κ3) is 3.16. The molecule has 0 aliphatic carbocycles. The molecular formula is C19H21N3O4. The number of aryl methyl sites for hydroxylation is 1. The number of carbonyl (C=O) groups excluding carboxylic acids is 2. The van der Waals surface area contributed by atoms with Crippen molar-refractivity contribution in [1.82, 2.24) is 15.2 Å². The van der Waals surface area contributed by atoms with Gasteiger partial charge >= 0.3 is 6.09 Å². The first-order valence-corrected chi connectivity index (χ1v) is 8.81. The zero-order chi connectivity index (χ0) is 18.1. The largest absolute Gasteiger partial charge is 0.441 e. The number of nitrogens with one attached hydrogen (secondary N) is 1. The molecule has 1 N–H and O–H groups in total. The molecule has 1 spiro atoms. The highest BCUT2D eigenvalue weighted by Gasteiger charge is 2.44. The molecule has 0 bridgehead atoms. The van der Waals surface area contributed by atoms with Crippen molar-refractivity contribution in [2.24, 2.45) is 0 Å². The SMILES string of the molecule is Cc1oc(-c2ccccc2)nc1CC(=O)N1CCC[C@@]2(CNC(=O)O2)C1. The average molecular weight is 355 g/mol. The van der Waals surface area contributed by atoms with Crippen molar-refractivity contribution < 1.29 is 18.7 Å². The van der Waals surface area contributed by atoms with Crippen LogP contribution in [0.2, 0.25) is 0 Å². The van der Waals surface area contributed by atoms with Crippen LogP contribution in [0.5, 0.6) is 0 Å². The number of hydrogen-bond acceptors (Lipinski definition) is 5. The quantitative estimate of drug-likeness (QED) is 0.913. The van der Waals surface area contributed by atoms with Gasteiger partial charge in [0.05, 0.1) is 25.2 Å². The molecule has 1 atom stereocenters. The number of aromatic nitrogens is 1. The maximum absolute atomic E-state index is 12.8. The second-order valence-electron chi connectivity index (χ2n) is 6.91. The molecule has 136 valence electrons. The number of ether oxygens (including phenoxy) is 1. The second-order valence-corrected chi connectivity index (χ2v) is 6.91. The molecule has 2 aromatic rings. The molecule has 2 aliphatic heterocycles. The van der Waals surface area contributed by atoms with Crippen LogP contribution in [0.3, 0.4) is 0 Å². The number of piperidine rings is 1. The van der Waals surface area contributed by atoms with Gasteiger partial charge in [0, 0.05) is 12.1 Å². The fraction of sp³-hybridized carbons (Fsp3) is 0.421. The normalized spacial score (nSPS) is 22.3. The van der Waals surface area contributed by atoms with Crippen molar-refractivity contribution in [3.05, 3.63) is 41.8 Å². The van der Waals surface area contributed by atoms with Crippen molar-refractivity contribution in [3.8, 4) is 11.5 Å². The van der Waals surface area contributed by atoms with Crippen molar-refractivity contribution in [1.29, 1.82) is 0 Å². The third-order valence-electron chi connectivity index (χ3n) is 4.99. The van der Waals surface area contributed by atoms with Gasteiger partial charge in [0.15, 0.2) is 0 Å². The van der Waals surface area contributed by atoms with Crippen LogP contribution in [0.4, 0.5) is 4.79 Å². The summed E-state index contributed by atoms with van der Waals surface area (Å²) < 4.78 is 11.2. The Morgan fingerprint density at radius 2 is 2.15 bits per heavy atom. The van der Waals surface area contributed by atoms with Gasteiger partial charge in [-0.05, 0) is 31.9 Å². The van der Waals surface area contributed by atoms with Gasteiger partial charge in [-0.2, -0.15) is 0 Å². The number of rotatable bonds is 3. The van der Waals surface area contributed by atoms with Gasteiger partial charge in [-0.25, -0.2) is 9.78 Å². The van der Waals surface area contributed by atoms with Crippen molar-refractivity contribution in [2.45, 2.75) is 31.8 Å². The highest BCUT2D eigenvalue weighted by atomic mass is 16.6. The maximum Gasteiger partial charge on any atom is 0.407 e. The van der Waals surface area contributed by atoms with Crippen LogP contribution >= 0.6 is 0 Å². The lowest BCUT2D eigenvalue weighted by molar-refractivity contribution is -0.136. The van der Waals surface area contributed by atoms with Gasteiger partial charge in [0.25, 0.3) is 0 Å². The molecule has 0 radical (unpaired) electrons. The van der Waals surface area contributed by atoms with E-state index in [9.17, 15) is 9.59 Å². The molecule has 2 amide bonds. The summed E-state index contributed by atoms with van der Waals surface area (Å²) in [5, 5.41) is 2.69. The first-order valence-electron chi connectivity index (χ1n) is 8.81. The van der Waals surface area contributed by atoms with Gasteiger partial charge in [0.1, 0.15) is 11.4 Å². The third-order valence-corrected chi connectivity index (χ3v) is 4.99. The summed E-state index contributed by atoms with van der Waals surface area (Å²) >= 11 is 0. The van der Waals surface area contributed by atoms with Gasteiger partial charge in [0.2, 0.25) is 11.8 Å². The Balaban J connectivity index is 1.46. The van der Waals surface area contributed by atoms with E-state index in [1.807, 2.05) is 37.3 Å². The average Bonchev–Trinajstić information content (AvgIpc) is 3.19. The predicted octanol–water partition coefficient (Wildman–Crippen LogP) is 2.29. The Hall–Kier alpha value is -2.83. The van der Waals surface area contributed by atoms with Crippen LogP contribution in [0.25, 0.3) is 11.5 Å². The molecule has 4 rings (SSSR count). The molecule has 0 saturated carbocycles. The standard InChI is InChI=1S/C19H21N3O4/c1-13-15(21-17(25-13)14-6-3-2-4-7-14)10-16(23)22-9-5-8-19(12-22)11-20-18(24)26-19/h2-4,6-7H,5,8-12H2,1H3,(H,20,24)/t19-/m1/s1. The maximum atomic E-state index is 12.8. The minimum atomic E-state index is -0.584. The summed E-state index contributed by atoms with van der Waals surface area (Å²) in [6, 6.07) is 9.62. The molecule has 1 aromatic heterocycles. The first kappa shape index (κ1) is 16.6. The van der Waals surface area contributed by atoms with E-state index in [1.165, 1.54) is 0 Å². The summed E-state index contributed by atoms with van der Waals surface area (Å²) in [6.07, 6.45) is 1.36. The fourth-order valence-electron chi connectivity index (χ4n) is 3.59. The predicted molar refractivity (Wildman–Crippen MR) is 93.4 cm³/mol. The molecule has 2 saturated heterocycles. The van der Waals surface area contributed by atoms with Gasteiger partial charge in [-0.15, -0.1) is 0 Å². The summed E-state index contributed by atoms with van der Waals surface area (Å²) in [7, 11) is 0. The van der Waals surface area contributed by atoms with Crippen LogP contribution in [0.1, 0.15) is 24.3 Å². The lowest BCUT2D eigenvalue weighted by Gasteiger charge is -2.38. The molecule has 7 nitrogen and oxygen atoms in total. The zero-order valence-corrected chi connectivity index (χ0v) is 14.7. The lowest BCUT2D eigenvalue weighted by Crippen LogP contribution is -2.52. The van der Waals surface area contributed by atoms with E-state index < -0.39 is 11.7 Å². The van der Waals surface area contributed by atoms with Gasteiger partial charge in [-0.3, -0.25) is 4.79 Å². The number of hydrogen-bond donors (Lipinski definition) is 1. The van der Waals surface area contributed by atoms with E-state index in [0.717, 1.165) is 18.4 Å². The van der Waals surface area contributed by atoms with E-state index >= 15 is 0 Å². The Morgan fingerprint density at radius 3 is 2.88 bits per heavy atom. The Bertz CT molecular complexity index is 833. The monoisotopic (exact) mass is 355 g/mol. The highest BCUT2D eigenvalue weighted by molar-refractivity contribution is 5.79. The topological polar surface area (TPSA) is 84.7 Å². The number of oxazole rings is 1. The van der Waals surface area contributed by atoms with E-state index in [-0.39, 0.29) is 12.3 Å². The molecule has 26 heavy (non-hydrogen) atoms. The highest BCUT2D eigenvalue weighted by Crippen LogP contribution is 2.29. The molecule has 1 aromatic carbocycles. The number of nitrogens with zero attached hydrogens (tertiary/aromatic N) is 2. The molecule has 7 heteroatoms. The van der Waals surface area contributed by atoms with E-state index in [1.54, 1.807) is 4.90 Å². The molecule has 2 fully saturated rings. The van der Waals surface area contributed by atoms with Gasteiger partial charge < -0.3 is 19.4 Å². The number of carbonyl (C=O) groups is 2. The summed E-state index contributed by atoms with van der Waals surface area (Å²) in [6.45, 7) is 3.37. The zero-order valence-electron chi connectivity index (χ0n) is 14.7. The number of benzene rings is 1. The number of alkyl carbamates (subject to hydrolysis) is 1. The fourth-order valence-corrected chi connectivity index (χ4v) is 3.59. The molecule has 3 heterocycles. The number of likely N-dealkylation sites (tertiary alicyclic amines) is 1. The van der Waals surface area contributed by atoms with E-state index in [4.69, 9.17) is 9.15 Å². The molecule has 2 aliphatic rings. The molecule has 0 unspecified atom stereocenters. The van der Waals surface area contributed by atoms with Gasteiger partial charge in [-0.1, -0.05) is 18.2 Å². The van der Waals surface area contributed by atoms with E-state index in [0.29, 0.717) is 37.0 Å². The first-order chi connectivity index (χ1) is 12.5. The Morgan fingerprint density at radius 1 is 1.35 bits per heavy atom. The van der Waals surface area contributed by atoms with Crippen LogP contribution in [0, 0.1) is 6.92 Å². The molecular weight excluding hydrogens is 334 g/mol. The summed E-state index contributed by atoms with van der Waals surface area (Å²) in [4.78, 5) is 30.4. The minimum absolute atomic E-state index is 0.0250.